The van der Waals surface area contributed by atoms with Crippen molar-refractivity contribution in [3.63, 3.8) is 0 Å². The summed E-state index contributed by atoms with van der Waals surface area (Å²) in [4.78, 5) is 0. The lowest BCUT2D eigenvalue weighted by Gasteiger charge is -2.23. The molecule has 0 atom stereocenters. The van der Waals surface area contributed by atoms with E-state index in [0.717, 1.165) is 12.1 Å². The molecule has 1 nitrogen and oxygen atoms in total. The number of alkyl halides is 9. The monoisotopic (exact) mass is 348 g/mol. The molecule has 2 aromatic carbocycles. The molecule has 0 spiro atoms. The Balaban J connectivity index is 3.20. The van der Waals surface area contributed by atoms with E-state index < -0.39 is 51.7 Å². The van der Waals surface area contributed by atoms with Crippen LogP contribution in [0.5, 0.6) is 5.75 Å². The highest BCUT2D eigenvalue weighted by atomic mass is 19.4. The molecule has 0 aliphatic rings. The van der Waals surface area contributed by atoms with Gasteiger partial charge < -0.3 is 5.11 Å². The Bertz CT molecular complexity index is 753. The molecule has 0 fully saturated rings. The van der Waals surface area contributed by atoms with Crippen LogP contribution < -0.4 is 0 Å². The molecule has 0 radical (unpaired) electrons. The molecule has 0 aliphatic carbocycles. The minimum Gasteiger partial charge on any atom is -0.507 e. The normalized spacial score (nSPS) is 13.6. The van der Waals surface area contributed by atoms with Crippen LogP contribution in [0.15, 0.2) is 24.3 Å². The topological polar surface area (TPSA) is 20.2 Å². The Morgan fingerprint density at radius 2 is 0.957 bits per heavy atom. The number of hydrogen-bond acceptors (Lipinski definition) is 1. The molecule has 0 heterocycles. The van der Waals surface area contributed by atoms with Crippen molar-refractivity contribution in [1.29, 1.82) is 0 Å². The van der Waals surface area contributed by atoms with Gasteiger partial charge in [-0.05, 0) is 5.39 Å². The third-order valence-electron chi connectivity index (χ3n) is 3.04. The molecule has 1 N–H and O–H groups in total. The summed E-state index contributed by atoms with van der Waals surface area (Å²) in [7, 11) is 0. The average Bonchev–Trinajstić information content (AvgIpc) is 2.34. The predicted molar refractivity (Wildman–Crippen MR) is 60.6 cm³/mol. The number of benzene rings is 2. The lowest BCUT2D eigenvalue weighted by molar-refractivity contribution is -0.174. The second-order valence-corrected chi connectivity index (χ2v) is 4.51. The third kappa shape index (κ3) is 2.89. The Morgan fingerprint density at radius 1 is 0.565 bits per heavy atom. The van der Waals surface area contributed by atoms with Gasteiger partial charge in [0.1, 0.15) is 11.3 Å². The van der Waals surface area contributed by atoms with Crippen LogP contribution in [-0.4, -0.2) is 5.11 Å². The fraction of sp³-hybridized carbons (Fsp3) is 0.231. The SMILES string of the molecule is Oc1c(C(F)(F)F)c(C(F)(F)F)c(C(F)(F)F)c2ccccc12. The van der Waals surface area contributed by atoms with Crippen molar-refractivity contribution in [3.8, 4) is 5.75 Å². The fourth-order valence-corrected chi connectivity index (χ4v) is 2.27. The largest absolute Gasteiger partial charge is 0.507 e. The molecule has 0 aliphatic heterocycles. The summed E-state index contributed by atoms with van der Waals surface area (Å²) in [5.41, 5.74) is -8.18. The third-order valence-corrected chi connectivity index (χ3v) is 3.04. The van der Waals surface area contributed by atoms with E-state index in [1.54, 1.807) is 0 Å². The first-order chi connectivity index (χ1) is 10.3. The molecule has 0 aromatic heterocycles. The number of halogens is 9. The van der Waals surface area contributed by atoms with Crippen LogP contribution in [0.2, 0.25) is 0 Å². The first kappa shape index (κ1) is 17.2. The van der Waals surface area contributed by atoms with Crippen LogP contribution in [0.25, 0.3) is 10.8 Å². The van der Waals surface area contributed by atoms with Gasteiger partial charge in [0.15, 0.2) is 0 Å². The molecule has 0 saturated heterocycles. The zero-order valence-corrected chi connectivity index (χ0v) is 10.7. The van der Waals surface area contributed by atoms with E-state index in [2.05, 4.69) is 0 Å². The summed E-state index contributed by atoms with van der Waals surface area (Å²) in [5.74, 6) is -1.89. The van der Waals surface area contributed by atoms with Gasteiger partial charge in [-0.2, -0.15) is 39.5 Å². The van der Waals surface area contributed by atoms with Gasteiger partial charge in [-0.15, -0.1) is 0 Å². The predicted octanol–water partition coefficient (Wildman–Crippen LogP) is 5.60. The van der Waals surface area contributed by atoms with Crippen LogP contribution in [0.1, 0.15) is 16.7 Å². The number of phenolic OH excluding ortho intramolecular Hbond substituents is 1. The minimum atomic E-state index is -5.97. The van der Waals surface area contributed by atoms with Gasteiger partial charge in [0, 0.05) is 5.39 Å². The van der Waals surface area contributed by atoms with Gasteiger partial charge in [-0.25, -0.2) is 0 Å². The van der Waals surface area contributed by atoms with Crippen LogP contribution in [-0.2, 0) is 18.5 Å². The Kier molecular flexibility index (Phi) is 3.70. The van der Waals surface area contributed by atoms with Crippen LogP contribution in [0.4, 0.5) is 39.5 Å². The van der Waals surface area contributed by atoms with Crippen molar-refractivity contribution in [2.45, 2.75) is 18.5 Å². The van der Waals surface area contributed by atoms with Crippen molar-refractivity contribution in [2.75, 3.05) is 0 Å². The quantitative estimate of drug-likeness (QED) is 0.615. The van der Waals surface area contributed by atoms with Crippen LogP contribution in [0.3, 0.4) is 0 Å². The van der Waals surface area contributed by atoms with E-state index in [1.165, 1.54) is 0 Å². The van der Waals surface area contributed by atoms with Gasteiger partial charge in [-0.1, -0.05) is 24.3 Å². The molecule has 0 amide bonds. The van der Waals surface area contributed by atoms with E-state index in [9.17, 15) is 44.6 Å². The zero-order valence-electron chi connectivity index (χ0n) is 10.7. The molecule has 23 heavy (non-hydrogen) atoms. The van der Waals surface area contributed by atoms with Gasteiger partial charge in [0.25, 0.3) is 0 Å². The summed E-state index contributed by atoms with van der Waals surface area (Å²) in [6.07, 6.45) is -17.5. The molecule has 0 bridgehead atoms. The Morgan fingerprint density at radius 3 is 1.35 bits per heavy atom. The number of rotatable bonds is 0. The second kappa shape index (κ2) is 4.93. The first-order valence-corrected chi connectivity index (χ1v) is 5.75. The average molecular weight is 348 g/mol. The van der Waals surface area contributed by atoms with E-state index in [1.807, 2.05) is 0 Å². The molecular weight excluding hydrogens is 343 g/mol. The summed E-state index contributed by atoms with van der Waals surface area (Å²) >= 11 is 0. The van der Waals surface area contributed by atoms with E-state index in [0.29, 0.717) is 12.1 Å². The summed E-state index contributed by atoms with van der Waals surface area (Å²) < 4.78 is 117. The molecular formula is C13H5F9O. The fourth-order valence-electron chi connectivity index (χ4n) is 2.27. The molecule has 0 unspecified atom stereocenters. The molecule has 126 valence electrons. The maximum atomic E-state index is 13.1. The van der Waals surface area contributed by atoms with E-state index >= 15 is 0 Å². The molecule has 0 saturated carbocycles. The number of fused-ring (bicyclic) bond motifs is 1. The molecule has 2 rings (SSSR count). The standard InChI is InChI=1S/C13H5F9O/c14-11(15,16)7-5-3-1-2-4-6(5)10(23)9(13(20,21)22)8(7)12(17,18)19/h1-4,23H. The van der Waals surface area contributed by atoms with Crippen molar-refractivity contribution in [3.05, 3.63) is 41.0 Å². The summed E-state index contributed by atoms with van der Waals surface area (Å²) in [6.45, 7) is 0. The second-order valence-electron chi connectivity index (χ2n) is 4.51. The van der Waals surface area contributed by atoms with Gasteiger partial charge in [0.2, 0.25) is 0 Å². The van der Waals surface area contributed by atoms with Crippen LogP contribution in [0, 0.1) is 0 Å². The highest BCUT2D eigenvalue weighted by Gasteiger charge is 2.53. The first-order valence-electron chi connectivity index (χ1n) is 5.75. The van der Waals surface area contributed by atoms with Gasteiger partial charge in [0.05, 0.1) is 11.1 Å². The van der Waals surface area contributed by atoms with Gasteiger partial charge in [-0.3, -0.25) is 0 Å². The zero-order chi connectivity index (χ0) is 17.8. The smallest absolute Gasteiger partial charge is 0.420 e. The number of hydrogen-bond donors (Lipinski definition) is 1. The summed E-state index contributed by atoms with van der Waals surface area (Å²) in [6, 6.07) is 3.16. The van der Waals surface area contributed by atoms with Gasteiger partial charge >= 0.3 is 18.5 Å². The lowest BCUT2D eigenvalue weighted by Crippen LogP contribution is -2.23. The number of aromatic hydroxyl groups is 1. The van der Waals surface area contributed by atoms with Crippen molar-refractivity contribution in [1.82, 2.24) is 0 Å². The number of phenols is 1. The maximum Gasteiger partial charge on any atom is 0.420 e. The highest BCUT2D eigenvalue weighted by molar-refractivity contribution is 5.94. The summed E-state index contributed by atoms with van der Waals surface area (Å²) in [5, 5.41) is 7.39. The highest BCUT2D eigenvalue weighted by Crippen LogP contribution is 2.53. The molecule has 2 aromatic rings. The van der Waals surface area contributed by atoms with Crippen molar-refractivity contribution in [2.24, 2.45) is 0 Å². The van der Waals surface area contributed by atoms with E-state index in [-0.39, 0.29) is 0 Å². The Labute approximate surface area is 121 Å². The van der Waals surface area contributed by atoms with E-state index in [4.69, 9.17) is 0 Å². The lowest BCUT2D eigenvalue weighted by atomic mass is 9.91. The van der Waals surface area contributed by atoms with Crippen molar-refractivity contribution >= 4 is 10.8 Å². The van der Waals surface area contributed by atoms with Crippen molar-refractivity contribution < 1.29 is 44.6 Å². The molecule has 10 heteroatoms. The Hall–Kier alpha value is -2.13. The van der Waals surface area contributed by atoms with Crippen LogP contribution >= 0.6 is 0 Å². The minimum absolute atomic E-state index is 0.563. The maximum absolute atomic E-state index is 13.1.